The Hall–Kier alpha value is -5.49. The minimum absolute atomic E-state index is 0.0534. The third kappa shape index (κ3) is 4.61. The van der Waals surface area contributed by atoms with Gasteiger partial charge in [-0.1, -0.05) is 63.2 Å². The second-order valence-electron chi connectivity index (χ2n) is 12.5. The van der Waals surface area contributed by atoms with Crippen molar-refractivity contribution < 1.29 is 8.85 Å². The van der Waals surface area contributed by atoms with Gasteiger partial charge in [0, 0.05) is 64.0 Å². The fourth-order valence-corrected chi connectivity index (χ4v) is 6.32. The van der Waals surface area contributed by atoms with E-state index < -0.39 is 6.98 Å². The van der Waals surface area contributed by atoms with Crippen LogP contribution in [0, 0.1) is 0 Å². The molecular weight excluding hydrogens is 554 g/mol. The first kappa shape index (κ1) is 23.9. The Bertz CT molecular complexity index is 2350. The summed E-state index contributed by atoms with van der Waals surface area (Å²) in [7, 11) is 0. The van der Waals surface area contributed by atoms with E-state index in [4.69, 9.17) is 13.8 Å². The number of fused-ring (bicyclic) bond motifs is 5. The Morgan fingerprint density at radius 1 is 0.689 bits per heavy atom. The fourth-order valence-electron chi connectivity index (χ4n) is 6.32. The zero-order valence-electron chi connectivity index (χ0n) is 28.5. The van der Waals surface area contributed by atoms with E-state index in [2.05, 4.69) is 103 Å². The summed E-state index contributed by atoms with van der Waals surface area (Å²) in [6.45, 7) is 4.70. The third-order valence-corrected chi connectivity index (χ3v) is 8.51. The SMILES string of the molecule is [2H]C([2H])([2H])N1C=CN(c2cccc(Oc3ccc4c(c3)n(-c3cc(C(C)(C)C)ccn3)c3c5ccccc5n(-c5ccccc5)c43)c2)C1. The first-order chi connectivity index (χ1) is 23.1. The summed E-state index contributed by atoms with van der Waals surface area (Å²) in [5, 5.41) is 2.22. The average molecular weight is 593 g/mol. The Labute approximate surface area is 267 Å². The number of benzene rings is 4. The molecule has 0 radical (unpaired) electrons. The molecule has 3 aromatic heterocycles. The molecule has 4 heterocycles. The van der Waals surface area contributed by atoms with Gasteiger partial charge in [0.25, 0.3) is 0 Å². The van der Waals surface area contributed by atoms with Gasteiger partial charge in [0.05, 0.1) is 28.7 Å². The molecule has 7 aromatic rings. The molecule has 6 heteroatoms. The molecule has 0 aliphatic carbocycles. The van der Waals surface area contributed by atoms with Crippen molar-refractivity contribution in [3.8, 4) is 23.0 Å². The first-order valence-electron chi connectivity index (χ1n) is 16.7. The van der Waals surface area contributed by atoms with Crippen LogP contribution in [-0.2, 0) is 5.41 Å². The molecule has 6 nitrogen and oxygen atoms in total. The Morgan fingerprint density at radius 2 is 1.44 bits per heavy atom. The Morgan fingerprint density at radius 3 is 2.27 bits per heavy atom. The predicted octanol–water partition coefficient (Wildman–Crippen LogP) is 9.39. The summed E-state index contributed by atoms with van der Waals surface area (Å²) < 4.78 is 34.3. The number of aromatic nitrogens is 3. The van der Waals surface area contributed by atoms with Crippen molar-refractivity contribution in [1.82, 2.24) is 19.0 Å². The maximum atomic E-state index is 7.74. The van der Waals surface area contributed by atoms with Gasteiger partial charge in [-0.3, -0.25) is 4.57 Å². The van der Waals surface area contributed by atoms with Crippen LogP contribution in [0.25, 0.3) is 44.3 Å². The Balaban J connectivity index is 1.30. The molecular formula is C39H35N5O. The van der Waals surface area contributed by atoms with Crippen LogP contribution in [0.4, 0.5) is 5.69 Å². The molecule has 0 saturated heterocycles. The summed E-state index contributed by atoms with van der Waals surface area (Å²) >= 11 is 0. The lowest BCUT2D eigenvalue weighted by molar-refractivity contribution is 0.481. The van der Waals surface area contributed by atoms with Crippen LogP contribution in [0.5, 0.6) is 11.5 Å². The highest BCUT2D eigenvalue weighted by Gasteiger charge is 2.24. The van der Waals surface area contributed by atoms with Gasteiger partial charge in [0.2, 0.25) is 0 Å². The minimum atomic E-state index is -2.19. The van der Waals surface area contributed by atoms with Gasteiger partial charge in [0.1, 0.15) is 17.3 Å². The second kappa shape index (κ2) is 10.3. The molecule has 0 spiro atoms. The van der Waals surface area contributed by atoms with E-state index in [1.54, 1.807) is 12.4 Å². The second-order valence-corrected chi connectivity index (χ2v) is 12.5. The third-order valence-electron chi connectivity index (χ3n) is 8.51. The summed E-state index contributed by atoms with van der Waals surface area (Å²) in [4.78, 5) is 8.16. The van der Waals surface area contributed by atoms with Crippen molar-refractivity contribution in [3.05, 3.63) is 133 Å². The van der Waals surface area contributed by atoms with Crippen molar-refractivity contribution in [3.63, 3.8) is 0 Å². The molecule has 0 atom stereocenters. The molecule has 45 heavy (non-hydrogen) atoms. The molecule has 0 saturated carbocycles. The molecule has 0 bridgehead atoms. The summed E-state index contributed by atoms with van der Waals surface area (Å²) in [6, 6.07) is 37.2. The van der Waals surface area contributed by atoms with Gasteiger partial charge >= 0.3 is 0 Å². The smallest absolute Gasteiger partial charge is 0.137 e. The van der Waals surface area contributed by atoms with Crippen LogP contribution in [-0.4, -0.2) is 32.7 Å². The molecule has 1 aliphatic heterocycles. The van der Waals surface area contributed by atoms with E-state index in [1.807, 2.05) is 47.5 Å². The van der Waals surface area contributed by atoms with E-state index in [0.717, 1.165) is 50.0 Å². The molecule has 0 N–H and O–H groups in total. The van der Waals surface area contributed by atoms with Crippen LogP contribution in [0.2, 0.25) is 0 Å². The van der Waals surface area contributed by atoms with Crippen molar-refractivity contribution in [2.45, 2.75) is 26.2 Å². The van der Waals surface area contributed by atoms with Gasteiger partial charge in [-0.15, -0.1) is 0 Å². The van der Waals surface area contributed by atoms with Crippen molar-refractivity contribution in [2.75, 3.05) is 18.5 Å². The average Bonchev–Trinajstić information content (AvgIpc) is 3.78. The lowest BCUT2D eigenvalue weighted by atomic mass is 9.88. The summed E-state index contributed by atoms with van der Waals surface area (Å²) in [5.41, 5.74) is 7.38. The van der Waals surface area contributed by atoms with Gasteiger partial charge in [-0.25, -0.2) is 4.98 Å². The van der Waals surface area contributed by atoms with Gasteiger partial charge in [-0.2, -0.15) is 0 Å². The van der Waals surface area contributed by atoms with E-state index in [1.165, 1.54) is 10.5 Å². The highest BCUT2D eigenvalue weighted by Crippen LogP contribution is 2.42. The number of para-hydroxylation sites is 2. The maximum absolute atomic E-state index is 7.74. The number of anilines is 1. The van der Waals surface area contributed by atoms with Crippen molar-refractivity contribution in [1.29, 1.82) is 0 Å². The van der Waals surface area contributed by atoms with Crippen LogP contribution in [0.3, 0.4) is 0 Å². The van der Waals surface area contributed by atoms with Gasteiger partial charge in [-0.05, 0) is 65.6 Å². The monoisotopic (exact) mass is 592 g/mol. The zero-order valence-corrected chi connectivity index (χ0v) is 25.5. The van der Waals surface area contributed by atoms with E-state index in [0.29, 0.717) is 11.5 Å². The van der Waals surface area contributed by atoms with Crippen molar-refractivity contribution >= 4 is 38.5 Å². The zero-order chi connectivity index (χ0) is 33.2. The van der Waals surface area contributed by atoms with E-state index in [9.17, 15) is 0 Å². The molecule has 0 fully saturated rings. The van der Waals surface area contributed by atoms with E-state index in [-0.39, 0.29) is 12.1 Å². The number of ether oxygens (including phenoxy) is 1. The lowest BCUT2D eigenvalue weighted by Gasteiger charge is -2.20. The van der Waals surface area contributed by atoms with Crippen LogP contribution in [0.1, 0.15) is 30.4 Å². The quantitative estimate of drug-likeness (QED) is 0.200. The topological polar surface area (TPSA) is 38.5 Å². The lowest BCUT2D eigenvalue weighted by Crippen LogP contribution is -2.21. The largest absolute Gasteiger partial charge is 0.457 e. The highest BCUT2D eigenvalue weighted by molar-refractivity contribution is 6.20. The van der Waals surface area contributed by atoms with E-state index >= 15 is 0 Å². The van der Waals surface area contributed by atoms with Gasteiger partial charge < -0.3 is 19.1 Å². The number of pyridine rings is 1. The van der Waals surface area contributed by atoms with Crippen LogP contribution >= 0.6 is 0 Å². The predicted molar refractivity (Wildman–Crippen MR) is 185 cm³/mol. The van der Waals surface area contributed by atoms with Crippen molar-refractivity contribution in [2.24, 2.45) is 0 Å². The fraction of sp³-hybridized carbons (Fsp3) is 0.154. The number of nitrogens with zero attached hydrogens (tertiary/aromatic N) is 5. The van der Waals surface area contributed by atoms with Gasteiger partial charge in [0.15, 0.2) is 0 Å². The summed E-state index contributed by atoms with van der Waals surface area (Å²) in [5.74, 6) is 2.18. The molecule has 0 amide bonds. The number of hydrogen-bond donors (Lipinski definition) is 0. The highest BCUT2D eigenvalue weighted by atomic mass is 16.5. The molecule has 222 valence electrons. The standard InChI is InChI=1S/C39H35N5O/c1-39(2,3)27-19-20-40-36(23-27)44-35-25-31(45-30-14-10-13-29(24-30)42-22-21-41(4)26-42)17-18-33(35)37-38(44)32-15-8-9-16-34(32)43(37)28-11-6-5-7-12-28/h5-25H,26H2,1-4H3/i4D3. The number of hydrogen-bond acceptors (Lipinski definition) is 4. The Kier molecular flexibility index (Phi) is 5.47. The number of rotatable bonds is 5. The molecule has 8 rings (SSSR count). The molecule has 4 aromatic carbocycles. The normalized spacial score (nSPS) is 14.8. The molecule has 1 aliphatic rings. The first-order valence-corrected chi connectivity index (χ1v) is 15.2. The maximum Gasteiger partial charge on any atom is 0.137 e. The molecule has 0 unspecified atom stereocenters. The minimum Gasteiger partial charge on any atom is -0.457 e. The van der Waals surface area contributed by atoms with Crippen LogP contribution in [0.15, 0.2) is 128 Å². The summed E-state index contributed by atoms with van der Waals surface area (Å²) in [6.07, 6.45) is 5.28. The van der Waals surface area contributed by atoms with Crippen LogP contribution < -0.4 is 9.64 Å².